The van der Waals surface area contributed by atoms with Gasteiger partial charge < -0.3 is 4.74 Å². The van der Waals surface area contributed by atoms with Crippen LogP contribution in [0, 0.1) is 11.8 Å². The molecule has 0 aromatic carbocycles. The molecule has 0 amide bonds. The number of hydrogen-bond donors (Lipinski definition) is 1. The van der Waals surface area contributed by atoms with Crippen molar-refractivity contribution in [2.24, 2.45) is 11.8 Å². The van der Waals surface area contributed by atoms with Crippen molar-refractivity contribution < 1.29 is 4.74 Å². The van der Waals surface area contributed by atoms with Gasteiger partial charge in [-0.15, -0.1) is 0 Å². The second-order valence-corrected chi connectivity index (χ2v) is 3.96. The third kappa shape index (κ3) is 4.70. The van der Waals surface area contributed by atoms with E-state index in [4.69, 9.17) is 4.74 Å². The average Bonchev–Trinajstić information content (AvgIpc) is 2.81. The molecular formula is C9H18OS. The summed E-state index contributed by atoms with van der Waals surface area (Å²) in [6, 6.07) is 0. The normalized spacial score (nSPS) is 20.2. The lowest BCUT2D eigenvalue weighted by Crippen LogP contribution is -2.08. The van der Waals surface area contributed by atoms with Crippen molar-refractivity contribution in [1.82, 2.24) is 0 Å². The maximum absolute atomic E-state index is 5.49. The molecule has 66 valence electrons. The van der Waals surface area contributed by atoms with Gasteiger partial charge in [-0.1, -0.05) is 19.8 Å². The van der Waals surface area contributed by atoms with Crippen LogP contribution < -0.4 is 0 Å². The number of ether oxygens (including phenoxy) is 1. The smallest absolute Gasteiger partial charge is 0.0499 e. The topological polar surface area (TPSA) is 9.23 Å². The monoisotopic (exact) mass is 174 g/mol. The summed E-state index contributed by atoms with van der Waals surface area (Å²) in [6.45, 7) is 4.02. The highest BCUT2D eigenvalue weighted by Crippen LogP contribution is 2.32. The van der Waals surface area contributed by atoms with Gasteiger partial charge in [0.25, 0.3) is 0 Å². The van der Waals surface area contributed by atoms with Crippen molar-refractivity contribution in [2.45, 2.75) is 26.2 Å². The van der Waals surface area contributed by atoms with Crippen molar-refractivity contribution in [1.29, 1.82) is 0 Å². The number of thiol groups is 1. The molecule has 1 atom stereocenters. The first-order chi connectivity index (χ1) is 5.33. The van der Waals surface area contributed by atoms with Crippen molar-refractivity contribution in [3.63, 3.8) is 0 Å². The van der Waals surface area contributed by atoms with E-state index in [1.54, 1.807) is 0 Å². The van der Waals surface area contributed by atoms with Gasteiger partial charge in [-0.25, -0.2) is 0 Å². The van der Waals surface area contributed by atoms with Gasteiger partial charge in [0.05, 0.1) is 0 Å². The Bertz CT molecular complexity index is 102. The van der Waals surface area contributed by atoms with Crippen molar-refractivity contribution in [3.8, 4) is 0 Å². The molecule has 11 heavy (non-hydrogen) atoms. The maximum Gasteiger partial charge on any atom is 0.0499 e. The molecule has 0 aromatic heterocycles. The van der Waals surface area contributed by atoms with Crippen LogP contribution >= 0.6 is 12.6 Å². The molecule has 1 aliphatic carbocycles. The van der Waals surface area contributed by atoms with Gasteiger partial charge in [0, 0.05) is 13.2 Å². The molecule has 0 N–H and O–H groups in total. The fourth-order valence-electron chi connectivity index (χ4n) is 0.994. The molecule has 0 spiro atoms. The standard InChI is InChI=1S/C9H18OS/c1-8(7-11)6-10-5-4-9-2-3-9/h8-9,11H,2-7H2,1H3. The van der Waals surface area contributed by atoms with Crippen LogP contribution in [-0.4, -0.2) is 19.0 Å². The minimum atomic E-state index is 0.609. The van der Waals surface area contributed by atoms with E-state index >= 15 is 0 Å². The van der Waals surface area contributed by atoms with Gasteiger partial charge in [-0.2, -0.15) is 12.6 Å². The summed E-state index contributed by atoms with van der Waals surface area (Å²) in [5, 5.41) is 0. The summed E-state index contributed by atoms with van der Waals surface area (Å²) >= 11 is 4.19. The summed E-state index contributed by atoms with van der Waals surface area (Å²) in [6.07, 6.45) is 4.15. The lowest BCUT2D eigenvalue weighted by Gasteiger charge is -2.07. The quantitative estimate of drug-likeness (QED) is 0.480. The van der Waals surface area contributed by atoms with Crippen LogP contribution in [0.3, 0.4) is 0 Å². The van der Waals surface area contributed by atoms with Crippen LogP contribution in [0.4, 0.5) is 0 Å². The molecule has 1 aliphatic rings. The highest BCUT2D eigenvalue weighted by molar-refractivity contribution is 7.80. The van der Waals surface area contributed by atoms with E-state index in [0.717, 1.165) is 24.9 Å². The molecule has 1 unspecified atom stereocenters. The lowest BCUT2D eigenvalue weighted by atomic mass is 10.2. The molecule has 1 nitrogen and oxygen atoms in total. The minimum absolute atomic E-state index is 0.609. The zero-order chi connectivity index (χ0) is 8.10. The first kappa shape index (κ1) is 9.40. The molecule has 0 aromatic rings. The van der Waals surface area contributed by atoms with E-state index in [1.807, 2.05) is 0 Å². The van der Waals surface area contributed by atoms with E-state index in [-0.39, 0.29) is 0 Å². The molecule has 2 heteroatoms. The van der Waals surface area contributed by atoms with Crippen LogP contribution in [0.1, 0.15) is 26.2 Å². The summed E-state index contributed by atoms with van der Waals surface area (Å²) in [7, 11) is 0. The van der Waals surface area contributed by atoms with Crippen LogP contribution in [0.2, 0.25) is 0 Å². The Hall–Kier alpha value is 0.310. The lowest BCUT2D eigenvalue weighted by molar-refractivity contribution is 0.106. The fraction of sp³-hybridized carbons (Fsp3) is 1.00. The van der Waals surface area contributed by atoms with E-state index in [0.29, 0.717) is 5.92 Å². The highest BCUT2D eigenvalue weighted by atomic mass is 32.1. The van der Waals surface area contributed by atoms with Crippen molar-refractivity contribution in [3.05, 3.63) is 0 Å². The van der Waals surface area contributed by atoms with Gasteiger partial charge in [0.1, 0.15) is 0 Å². The Balaban J connectivity index is 1.79. The number of hydrogen-bond acceptors (Lipinski definition) is 2. The van der Waals surface area contributed by atoms with Gasteiger partial charge in [-0.3, -0.25) is 0 Å². The molecule has 0 saturated heterocycles. The summed E-state index contributed by atoms with van der Waals surface area (Å²) in [5.74, 6) is 2.54. The average molecular weight is 174 g/mol. The summed E-state index contributed by atoms with van der Waals surface area (Å²) in [4.78, 5) is 0. The minimum Gasteiger partial charge on any atom is -0.381 e. The van der Waals surface area contributed by atoms with Gasteiger partial charge in [-0.05, 0) is 24.0 Å². The Morgan fingerprint density at radius 1 is 1.55 bits per heavy atom. The van der Waals surface area contributed by atoms with Crippen LogP contribution in [-0.2, 0) is 4.74 Å². The first-order valence-corrected chi connectivity index (χ1v) is 5.14. The highest BCUT2D eigenvalue weighted by Gasteiger charge is 2.20. The molecule has 1 saturated carbocycles. The molecule has 0 aliphatic heterocycles. The Morgan fingerprint density at radius 2 is 2.27 bits per heavy atom. The zero-order valence-electron chi connectivity index (χ0n) is 7.25. The predicted molar refractivity (Wildman–Crippen MR) is 51.2 cm³/mol. The van der Waals surface area contributed by atoms with E-state index in [1.165, 1.54) is 19.3 Å². The van der Waals surface area contributed by atoms with Gasteiger partial charge >= 0.3 is 0 Å². The van der Waals surface area contributed by atoms with E-state index in [2.05, 4.69) is 19.6 Å². The Kier molecular flexibility index (Phi) is 4.31. The number of rotatable bonds is 6. The van der Waals surface area contributed by atoms with Gasteiger partial charge in [0.2, 0.25) is 0 Å². The van der Waals surface area contributed by atoms with Crippen LogP contribution in [0.25, 0.3) is 0 Å². The molecule has 0 bridgehead atoms. The third-order valence-corrected chi connectivity index (χ3v) is 2.70. The first-order valence-electron chi connectivity index (χ1n) is 4.51. The van der Waals surface area contributed by atoms with E-state index < -0.39 is 0 Å². The fourth-order valence-corrected chi connectivity index (χ4v) is 1.10. The molecule has 1 fully saturated rings. The van der Waals surface area contributed by atoms with E-state index in [9.17, 15) is 0 Å². The van der Waals surface area contributed by atoms with Crippen molar-refractivity contribution >= 4 is 12.6 Å². The summed E-state index contributed by atoms with van der Waals surface area (Å²) in [5.41, 5.74) is 0. The predicted octanol–water partition coefficient (Wildman–Crippen LogP) is 2.37. The molecular weight excluding hydrogens is 156 g/mol. The Labute approximate surface area is 74.9 Å². The maximum atomic E-state index is 5.49. The molecule has 1 rings (SSSR count). The second kappa shape index (κ2) is 5.04. The SMILES string of the molecule is CC(CS)COCCC1CC1. The zero-order valence-corrected chi connectivity index (χ0v) is 8.15. The second-order valence-electron chi connectivity index (χ2n) is 3.59. The summed E-state index contributed by atoms with van der Waals surface area (Å²) < 4.78 is 5.49. The molecule has 0 radical (unpaired) electrons. The van der Waals surface area contributed by atoms with Crippen LogP contribution in [0.15, 0.2) is 0 Å². The Morgan fingerprint density at radius 3 is 2.82 bits per heavy atom. The largest absolute Gasteiger partial charge is 0.381 e. The van der Waals surface area contributed by atoms with Crippen molar-refractivity contribution in [2.75, 3.05) is 19.0 Å². The van der Waals surface area contributed by atoms with Crippen LogP contribution in [0.5, 0.6) is 0 Å². The van der Waals surface area contributed by atoms with Gasteiger partial charge in [0.15, 0.2) is 0 Å². The molecule has 0 heterocycles. The third-order valence-electron chi connectivity index (χ3n) is 2.08.